The Hall–Kier alpha value is -2.35. The third-order valence-electron chi connectivity index (χ3n) is 4.57. The van der Waals surface area contributed by atoms with Crippen molar-refractivity contribution in [2.75, 3.05) is 13.2 Å². The average molecular weight is 401 g/mol. The highest BCUT2D eigenvalue weighted by molar-refractivity contribution is 7.80. The Morgan fingerprint density at radius 1 is 1.14 bits per heavy atom. The highest BCUT2D eigenvalue weighted by Gasteiger charge is 2.27. The van der Waals surface area contributed by atoms with Crippen molar-refractivity contribution >= 4 is 23.0 Å². The van der Waals surface area contributed by atoms with Crippen LogP contribution in [0.1, 0.15) is 37.2 Å². The van der Waals surface area contributed by atoms with Gasteiger partial charge in [0.2, 0.25) is 0 Å². The molecule has 1 aliphatic heterocycles. The molecular formula is C21H23NO5S. The summed E-state index contributed by atoms with van der Waals surface area (Å²) >= 11 is 5.34. The van der Waals surface area contributed by atoms with E-state index in [1.165, 1.54) is 42.7 Å². The van der Waals surface area contributed by atoms with E-state index in [2.05, 4.69) is 19.1 Å². The summed E-state index contributed by atoms with van der Waals surface area (Å²) in [6.45, 7) is 2.98. The summed E-state index contributed by atoms with van der Waals surface area (Å²) in [5.41, 5.74) is 2.31. The van der Waals surface area contributed by atoms with E-state index in [1.54, 1.807) is 0 Å². The second-order valence-corrected chi connectivity index (χ2v) is 7.12. The van der Waals surface area contributed by atoms with E-state index in [0.717, 1.165) is 12.0 Å². The summed E-state index contributed by atoms with van der Waals surface area (Å²) in [6, 6.07) is 14.1. The Bertz CT molecular complexity index is 799. The van der Waals surface area contributed by atoms with Crippen LogP contribution in [0.15, 0.2) is 48.5 Å². The van der Waals surface area contributed by atoms with Crippen LogP contribution in [0.4, 0.5) is 5.69 Å². The molecule has 1 heterocycles. The van der Waals surface area contributed by atoms with Crippen LogP contribution in [-0.4, -0.2) is 23.2 Å². The second kappa shape index (κ2) is 9.73. The van der Waals surface area contributed by atoms with Gasteiger partial charge in [0.25, 0.3) is 5.69 Å². The first-order valence-corrected chi connectivity index (χ1v) is 9.76. The highest BCUT2D eigenvalue weighted by atomic mass is 32.1. The normalized spacial score (nSPS) is 19.2. The predicted molar refractivity (Wildman–Crippen MR) is 110 cm³/mol. The molecule has 0 aromatic heterocycles. The van der Waals surface area contributed by atoms with Gasteiger partial charge in [0.15, 0.2) is 11.3 Å². The molecule has 0 unspecified atom stereocenters. The van der Waals surface area contributed by atoms with Crippen molar-refractivity contribution in [3.63, 3.8) is 0 Å². The van der Waals surface area contributed by atoms with Crippen molar-refractivity contribution in [1.29, 1.82) is 0 Å². The number of hydrogen-bond donors (Lipinski definition) is 0. The molecule has 1 fully saturated rings. The van der Waals surface area contributed by atoms with Gasteiger partial charge in [0.05, 0.1) is 24.1 Å². The van der Waals surface area contributed by atoms with E-state index in [1.807, 2.05) is 12.1 Å². The van der Waals surface area contributed by atoms with Crippen LogP contribution in [0.25, 0.3) is 0 Å². The second-order valence-electron chi connectivity index (χ2n) is 6.71. The van der Waals surface area contributed by atoms with Crippen LogP contribution in [0.5, 0.6) is 5.75 Å². The molecule has 6 nitrogen and oxygen atoms in total. The van der Waals surface area contributed by atoms with Crippen molar-refractivity contribution in [2.24, 2.45) is 5.92 Å². The number of non-ortho nitro benzene ring substituents is 1. The lowest BCUT2D eigenvalue weighted by molar-refractivity contribution is -0.384. The number of ether oxygens (including phenoxy) is 3. The molecule has 3 rings (SSSR count). The number of nitro benzene ring substituents is 1. The number of nitrogens with zero attached hydrogens (tertiary/aromatic N) is 1. The van der Waals surface area contributed by atoms with Crippen LogP contribution in [0, 0.1) is 16.0 Å². The van der Waals surface area contributed by atoms with Crippen molar-refractivity contribution < 1.29 is 19.1 Å². The van der Waals surface area contributed by atoms with E-state index in [4.69, 9.17) is 26.4 Å². The number of hydrogen-bond acceptors (Lipinski definition) is 6. The van der Waals surface area contributed by atoms with Crippen LogP contribution in [-0.2, 0) is 15.9 Å². The van der Waals surface area contributed by atoms with Crippen molar-refractivity contribution in [2.45, 2.75) is 32.5 Å². The largest absolute Gasteiger partial charge is 0.450 e. The third kappa shape index (κ3) is 5.34. The van der Waals surface area contributed by atoms with Crippen LogP contribution < -0.4 is 4.74 Å². The Kier molecular flexibility index (Phi) is 7.08. The Morgan fingerprint density at radius 3 is 2.36 bits per heavy atom. The zero-order chi connectivity index (χ0) is 19.9. The molecule has 0 aliphatic carbocycles. The van der Waals surface area contributed by atoms with E-state index < -0.39 is 11.2 Å². The molecular weight excluding hydrogens is 378 g/mol. The molecule has 1 saturated heterocycles. The van der Waals surface area contributed by atoms with E-state index in [9.17, 15) is 10.1 Å². The first-order valence-electron chi connectivity index (χ1n) is 9.35. The summed E-state index contributed by atoms with van der Waals surface area (Å²) in [5.74, 6) is 0.283. The number of aryl methyl sites for hydroxylation is 1. The molecule has 148 valence electrons. The zero-order valence-electron chi connectivity index (χ0n) is 15.7. The molecule has 0 bridgehead atoms. The van der Waals surface area contributed by atoms with E-state index >= 15 is 0 Å². The lowest BCUT2D eigenvalue weighted by atomic mass is 10.1. The number of rotatable bonds is 7. The van der Waals surface area contributed by atoms with Crippen LogP contribution >= 0.6 is 12.2 Å². The minimum atomic E-state index is -0.457. The average Bonchev–Trinajstić information content (AvgIpc) is 2.73. The smallest absolute Gasteiger partial charge is 0.269 e. The van der Waals surface area contributed by atoms with Gasteiger partial charge in [0, 0.05) is 17.7 Å². The molecule has 0 atom stereocenters. The van der Waals surface area contributed by atoms with Gasteiger partial charge in [-0.25, -0.2) is 0 Å². The number of thiocarbonyl (C=S) groups is 1. The molecule has 2 aromatic rings. The fourth-order valence-corrected chi connectivity index (χ4v) is 3.12. The van der Waals surface area contributed by atoms with Gasteiger partial charge in [-0.2, -0.15) is 0 Å². The summed E-state index contributed by atoms with van der Waals surface area (Å²) in [5, 5.41) is 11.0. The third-order valence-corrected chi connectivity index (χ3v) is 4.98. The Morgan fingerprint density at radius 2 is 1.79 bits per heavy atom. The molecule has 7 heteroatoms. The van der Waals surface area contributed by atoms with Gasteiger partial charge >= 0.3 is 0 Å². The summed E-state index contributed by atoms with van der Waals surface area (Å²) in [7, 11) is 0. The zero-order valence-corrected chi connectivity index (χ0v) is 16.5. The van der Waals surface area contributed by atoms with Gasteiger partial charge < -0.3 is 14.2 Å². The maximum Gasteiger partial charge on any atom is 0.269 e. The lowest BCUT2D eigenvalue weighted by Crippen LogP contribution is -2.34. The highest BCUT2D eigenvalue weighted by Crippen LogP contribution is 2.27. The van der Waals surface area contributed by atoms with Crippen molar-refractivity contribution in [3.8, 4) is 5.75 Å². The first kappa shape index (κ1) is 20.4. The fourth-order valence-electron chi connectivity index (χ4n) is 2.89. The molecule has 28 heavy (non-hydrogen) atoms. The number of unbranched alkanes of at least 4 members (excludes halogenated alkanes) is 1. The summed E-state index contributed by atoms with van der Waals surface area (Å²) in [4.78, 5) is 10.2. The van der Waals surface area contributed by atoms with Crippen LogP contribution in [0.3, 0.4) is 0 Å². The molecule has 0 spiro atoms. The summed E-state index contributed by atoms with van der Waals surface area (Å²) in [6.07, 6.45) is 3.04. The standard InChI is InChI=1S/C21H23NO5S/c1-2-3-4-15-5-7-16(8-6-15)20-25-13-17(14-26-20)21(28)27-19-11-9-18(10-12-19)22(23)24/h5-12,17,20H,2-4,13-14H2,1H3/t17-,20-. The van der Waals surface area contributed by atoms with E-state index in [-0.39, 0.29) is 11.6 Å². The topological polar surface area (TPSA) is 70.8 Å². The Balaban J connectivity index is 1.50. The van der Waals surface area contributed by atoms with Crippen molar-refractivity contribution in [1.82, 2.24) is 0 Å². The molecule has 2 aromatic carbocycles. The molecule has 0 N–H and O–H groups in total. The quantitative estimate of drug-likeness (QED) is 0.369. The number of nitro groups is 1. The maximum atomic E-state index is 10.7. The number of benzene rings is 2. The van der Waals surface area contributed by atoms with Gasteiger partial charge in [0.1, 0.15) is 5.75 Å². The molecule has 0 amide bonds. The first-order chi connectivity index (χ1) is 13.6. The Labute approximate surface area is 169 Å². The van der Waals surface area contributed by atoms with Gasteiger partial charge in [-0.1, -0.05) is 37.6 Å². The lowest BCUT2D eigenvalue weighted by Gasteiger charge is -2.29. The van der Waals surface area contributed by atoms with Crippen LogP contribution in [0.2, 0.25) is 0 Å². The predicted octanol–water partition coefficient (Wildman–Crippen LogP) is 5.01. The fraction of sp³-hybridized carbons (Fsp3) is 0.381. The molecule has 1 aliphatic rings. The molecule has 0 saturated carbocycles. The minimum Gasteiger partial charge on any atom is -0.450 e. The van der Waals surface area contributed by atoms with Gasteiger partial charge in [-0.05, 0) is 42.8 Å². The van der Waals surface area contributed by atoms with Gasteiger partial charge in [-0.3, -0.25) is 10.1 Å². The molecule has 0 radical (unpaired) electrons. The van der Waals surface area contributed by atoms with E-state index in [0.29, 0.717) is 24.0 Å². The minimum absolute atomic E-state index is 0.00570. The monoisotopic (exact) mass is 401 g/mol. The van der Waals surface area contributed by atoms with Crippen molar-refractivity contribution in [3.05, 3.63) is 69.8 Å². The summed E-state index contributed by atoms with van der Waals surface area (Å²) < 4.78 is 17.3. The SMILES string of the molecule is CCCCc1ccc([C@H]2OC[C@H](C(=S)Oc3ccc([N+](=O)[O-])cc3)CO2)cc1. The maximum absolute atomic E-state index is 10.7. The van der Waals surface area contributed by atoms with Gasteiger partial charge in [-0.15, -0.1) is 0 Å².